The van der Waals surface area contributed by atoms with Crippen LogP contribution in [0.15, 0.2) is 71.2 Å². The SMILES string of the molecule is CC(C)c1cc(Br)cc2c1N(C(=O)OCc1ccccc1)C(c1cccc(Cl)c1)CC2. The van der Waals surface area contributed by atoms with Crippen LogP contribution in [-0.4, -0.2) is 6.09 Å². The summed E-state index contributed by atoms with van der Waals surface area (Å²) in [5.41, 5.74) is 5.24. The van der Waals surface area contributed by atoms with Gasteiger partial charge in [0.1, 0.15) is 6.61 Å². The van der Waals surface area contributed by atoms with Gasteiger partial charge in [0, 0.05) is 9.50 Å². The summed E-state index contributed by atoms with van der Waals surface area (Å²) in [5.74, 6) is 0.258. The maximum Gasteiger partial charge on any atom is 0.415 e. The third-order valence-electron chi connectivity index (χ3n) is 5.68. The minimum atomic E-state index is -0.334. The minimum absolute atomic E-state index is 0.131. The molecule has 0 saturated heterocycles. The van der Waals surface area contributed by atoms with Crippen molar-refractivity contribution >= 4 is 39.3 Å². The molecule has 0 aliphatic carbocycles. The third-order valence-corrected chi connectivity index (χ3v) is 6.37. The number of anilines is 1. The Balaban J connectivity index is 1.76. The van der Waals surface area contributed by atoms with Crippen LogP contribution in [0.2, 0.25) is 5.02 Å². The van der Waals surface area contributed by atoms with Gasteiger partial charge in [0.15, 0.2) is 0 Å². The number of halogens is 2. The van der Waals surface area contributed by atoms with E-state index >= 15 is 0 Å². The summed E-state index contributed by atoms with van der Waals surface area (Å²) in [6.07, 6.45) is 1.36. The van der Waals surface area contributed by atoms with E-state index in [0.29, 0.717) is 5.02 Å². The van der Waals surface area contributed by atoms with Crippen LogP contribution in [0.3, 0.4) is 0 Å². The zero-order valence-corrected chi connectivity index (χ0v) is 20.0. The van der Waals surface area contributed by atoms with Crippen molar-refractivity contribution in [3.63, 3.8) is 0 Å². The quantitative estimate of drug-likeness (QED) is 0.364. The minimum Gasteiger partial charge on any atom is -0.444 e. The van der Waals surface area contributed by atoms with Crippen molar-refractivity contribution in [1.82, 2.24) is 0 Å². The molecule has 31 heavy (non-hydrogen) atoms. The number of benzene rings is 3. The van der Waals surface area contributed by atoms with Crippen molar-refractivity contribution in [2.24, 2.45) is 0 Å². The first-order valence-corrected chi connectivity index (χ1v) is 11.7. The van der Waals surface area contributed by atoms with Crippen molar-refractivity contribution in [3.05, 3.63) is 98.5 Å². The van der Waals surface area contributed by atoms with Gasteiger partial charge in [0.05, 0.1) is 11.7 Å². The molecule has 4 rings (SSSR count). The smallest absolute Gasteiger partial charge is 0.415 e. The Hall–Kier alpha value is -2.30. The highest BCUT2D eigenvalue weighted by Crippen LogP contribution is 2.45. The van der Waals surface area contributed by atoms with Crippen LogP contribution < -0.4 is 4.90 Å². The normalized spacial score (nSPS) is 15.6. The molecule has 1 heterocycles. The number of carbonyl (C=O) groups excluding carboxylic acids is 1. The van der Waals surface area contributed by atoms with E-state index in [0.717, 1.165) is 45.3 Å². The van der Waals surface area contributed by atoms with E-state index in [9.17, 15) is 4.79 Å². The first-order chi connectivity index (χ1) is 14.9. The largest absolute Gasteiger partial charge is 0.444 e. The lowest BCUT2D eigenvalue weighted by molar-refractivity contribution is 0.143. The van der Waals surface area contributed by atoms with Gasteiger partial charge in [-0.3, -0.25) is 4.90 Å². The van der Waals surface area contributed by atoms with Crippen LogP contribution >= 0.6 is 27.5 Å². The van der Waals surface area contributed by atoms with Gasteiger partial charge in [-0.15, -0.1) is 0 Å². The summed E-state index contributed by atoms with van der Waals surface area (Å²) in [7, 11) is 0. The zero-order valence-electron chi connectivity index (χ0n) is 17.6. The van der Waals surface area contributed by atoms with Gasteiger partial charge in [-0.2, -0.15) is 0 Å². The molecule has 1 amide bonds. The number of hydrogen-bond acceptors (Lipinski definition) is 2. The second-order valence-corrected chi connectivity index (χ2v) is 9.53. The van der Waals surface area contributed by atoms with Crippen LogP contribution in [-0.2, 0) is 17.8 Å². The van der Waals surface area contributed by atoms with Crippen molar-refractivity contribution in [2.75, 3.05) is 4.90 Å². The van der Waals surface area contributed by atoms with Gasteiger partial charge >= 0.3 is 6.09 Å². The third kappa shape index (κ3) is 4.81. The molecule has 0 aromatic heterocycles. The Bertz CT molecular complexity index is 1080. The lowest BCUT2D eigenvalue weighted by atomic mass is 9.87. The predicted molar refractivity (Wildman–Crippen MR) is 130 cm³/mol. The zero-order chi connectivity index (χ0) is 22.0. The van der Waals surface area contributed by atoms with Crippen LogP contribution in [0.25, 0.3) is 0 Å². The van der Waals surface area contributed by atoms with Crippen LogP contribution in [0, 0.1) is 0 Å². The van der Waals surface area contributed by atoms with Crippen LogP contribution in [0.1, 0.15) is 54.5 Å². The number of rotatable bonds is 4. The van der Waals surface area contributed by atoms with E-state index in [4.69, 9.17) is 16.3 Å². The molecule has 1 unspecified atom stereocenters. The molecule has 3 aromatic carbocycles. The second kappa shape index (κ2) is 9.46. The van der Waals surface area contributed by atoms with Crippen molar-refractivity contribution < 1.29 is 9.53 Å². The Morgan fingerprint density at radius 1 is 1.13 bits per heavy atom. The highest BCUT2D eigenvalue weighted by Gasteiger charge is 2.35. The summed E-state index contributed by atoms with van der Waals surface area (Å²) in [6, 6.07) is 21.6. The van der Waals surface area contributed by atoms with Gasteiger partial charge in [-0.25, -0.2) is 4.79 Å². The highest BCUT2D eigenvalue weighted by atomic mass is 79.9. The Morgan fingerprint density at radius 2 is 1.90 bits per heavy atom. The standard InChI is InChI=1S/C26H25BrClNO2/c1-17(2)23-15-21(27)13-20-11-12-24(19-9-6-10-22(28)14-19)29(25(20)23)26(30)31-16-18-7-4-3-5-8-18/h3-10,13-15,17,24H,11-12,16H2,1-2H3. The van der Waals surface area contributed by atoms with Gasteiger partial charge in [-0.05, 0) is 65.3 Å². The van der Waals surface area contributed by atoms with E-state index in [1.54, 1.807) is 0 Å². The van der Waals surface area contributed by atoms with Crippen LogP contribution in [0.5, 0.6) is 0 Å². The summed E-state index contributed by atoms with van der Waals surface area (Å²) in [5, 5.41) is 0.667. The van der Waals surface area contributed by atoms with Gasteiger partial charge in [0.25, 0.3) is 0 Å². The average Bonchev–Trinajstić information content (AvgIpc) is 2.76. The monoisotopic (exact) mass is 497 g/mol. The molecule has 0 spiro atoms. The Labute approximate surface area is 197 Å². The lowest BCUT2D eigenvalue weighted by Gasteiger charge is -2.39. The summed E-state index contributed by atoms with van der Waals surface area (Å²) < 4.78 is 6.85. The molecule has 0 saturated carbocycles. The number of aryl methyl sites for hydroxylation is 1. The van der Waals surface area contributed by atoms with Gasteiger partial charge in [-0.1, -0.05) is 83.8 Å². The van der Waals surface area contributed by atoms with Crippen LogP contribution in [0.4, 0.5) is 10.5 Å². The summed E-state index contributed by atoms with van der Waals surface area (Å²) in [6.45, 7) is 4.54. The molecule has 1 atom stereocenters. The fourth-order valence-corrected chi connectivity index (χ4v) is 4.94. The molecule has 0 N–H and O–H groups in total. The fourth-order valence-electron chi connectivity index (χ4n) is 4.22. The molecule has 3 nitrogen and oxygen atoms in total. The fraction of sp³-hybridized carbons (Fsp3) is 0.269. The first kappa shape index (κ1) is 21.9. The Kier molecular flexibility index (Phi) is 6.68. The molecule has 1 aliphatic heterocycles. The maximum absolute atomic E-state index is 13.5. The van der Waals surface area contributed by atoms with E-state index in [-0.39, 0.29) is 24.7 Å². The lowest BCUT2D eigenvalue weighted by Crippen LogP contribution is -2.39. The number of hydrogen-bond donors (Lipinski definition) is 0. The average molecular weight is 499 g/mol. The molecule has 0 radical (unpaired) electrons. The summed E-state index contributed by atoms with van der Waals surface area (Å²) in [4.78, 5) is 15.4. The number of ether oxygens (including phenoxy) is 1. The summed E-state index contributed by atoms with van der Waals surface area (Å²) >= 11 is 9.94. The molecular formula is C26H25BrClNO2. The van der Waals surface area contributed by atoms with Crippen molar-refractivity contribution in [2.45, 2.75) is 45.3 Å². The Morgan fingerprint density at radius 3 is 2.61 bits per heavy atom. The van der Waals surface area contributed by atoms with E-state index in [1.165, 1.54) is 0 Å². The number of nitrogens with zero attached hydrogens (tertiary/aromatic N) is 1. The molecule has 0 fully saturated rings. The van der Waals surface area contributed by atoms with E-state index in [1.807, 2.05) is 59.5 Å². The predicted octanol–water partition coefficient (Wildman–Crippen LogP) is 8.06. The first-order valence-electron chi connectivity index (χ1n) is 10.5. The second-order valence-electron chi connectivity index (χ2n) is 8.18. The van der Waals surface area contributed by atoms with E-state index in [2.05, 4.69) is 41.9 Å². The topological polar surface area (TPSA) is 29.5 Å². The maximum atomic E-state index is 13.5. The molecular weight excluding hydrogens is 474 g/mol. The van der Waals surface area contributed by atoms with Crippen molar-refractivity contribution in [3.8, 4) is 0 Å². The number of amides is 1. The number of carbonyl (C=O) groups is 1. The molecule has 1 aliphatic rings. The van der Waals surface area contributed by atoms with Gasteiger partial charge < -0.3 is 4.74 Å². The number of fused-ring (bicyclic) bond motifs is 1. The van der Waals surface area contributed by atoms with Gasteiger partial charge in [0.2, 0.25) is 0 Å². The molecule has 0 bridgehead atoms. The molecule has 5 heteroatoms. The van der Waals surface area contributed by atoms with E-state index < -0.39 is 0 Å². The molecule has 3 aromatic rings. The molecule has 160 valence electrons. The van der Waals surface area contributed by atoms with Crippen molar-refractivity contribution in [1.29, 1.82) is 0 Å². The highest BCUT2D eigenvalue weighted by molar-refractivity contribution is 9.10.